The van der Waals surface area contributed by atoms with E-state index in [1.165, 1.54) is 66.8 Å². The minimum atomic E-state index is -0.706. The number of benzene rings is 4. The molecule has 37 heavy (non-hydrogen) atoms. The minimum absolute atomic E-state index is 0.210. The lowest BCUT2D eigenvalue weighted by molar-refractivity contribution is 0.924. The number of halogens is 2. The first-order valence-electron chi connectivity index (χ1n) is 12.7. The summed E-state index contributed by atoms with van der Waals surface area (Å²) in [5.74, 6) is 0. The van der Waals surface area contributed by atoms with Crippen LogP contribution in [0.1, 0.15) is 58.4 Å². The van der Waals surface area contributed by atoms with Crippen LogP contribution in [0.2, 0.25) is 0 Å². The van der Waals surface area contributed by atoms with Crippen LogP contribution in [0.4, 0.5) is 0 Å². The Morgan fingerprint density at radius 1 is 0.486 bits per heavy atom. The Hall–Kier alpha value is -2.84. The van der Waals surface area contributed by atoms with Crippen molar-refractivity contribution in [2.24, 2.45) is 0 Å². The van der Waals surface area contributed by atoms with Crippen molar-refractivity contribution in [3.05, 3.63) is 153 Å². The molecule has 0 amide bonds. The summed E-state index contributed by atoms with van der Waals surface area (Å²) < 4.78 is -1.41. The number of allylic oxidation sites excluding steroid dienone is 2. The van der Waals surface area contributed by atoms with E-state index < -0.39 is 8.99 Å². The summed E-state index contributed by atoms with van der Waals surface area (Å²) in [5, 5.41) is 0. The molecule has 182 valence electrons. The van der Waals surface area contributed by atoms with Crippen molar-refractivity contribution in [3.63, 3.8) is 0 Å². The van der Waals surface area contributed by atoms with Gasteiger partial charge in [0.25, 0.3) is 0 Å². The third-order valence-electron chi connectivity index (χ3n) is 8.04. The zero-order chi connectivity index (χ0) is 25.9. The molecule has 0 spiro atoms. The molecule has 2 radical (unpaired) electrons. The van der Waals surface area contributed by atoms with E-state index in [0.717, 1.165) is 0 Å². The number of alkyl halides is 2. The average Bonchev–Trinajstić information content (AvgIpc) is 3.26. The Kier molecular flexibility index (Phi) is 5.87. The van der Waals surface area contributed by atoms with Crippen molar-refractivity contribution >= 4 is 43.9 Å². The van der Waals surface area contributed by atoms with Crippen molar-refractivity contribution in [1.29, 1.82) is 0 Å². The molecule has 0 saturated carbocycles. The summed E-state index contributed by atoms with van der Waals surface area (Å²) in [6, 6.07) is 34.3. The van der Waals surface area contributed by atoms with E-state index in [0.29, 0.717) is 0 Å². The van der Waals surface area contributed by atoms with Crippen molar-refractivity contribution in [2.45, 2.75) is 36.7 Å². The predicted molar refractivity (Wildman–Crippen MR) is 159 cm³/mol. The summed E-state index contributed by atoms with van der Waals surface area (Å²) in [5.41, 5.74) is 14.6. The van der Waals surface area contributed by atoms with Gasteiger partial charge in [0.15, 0.2) is 0 Å². The monoisotopic (exact) mass is 534 g/mol. The van der Waals surface area contributed by atoms with E-state index in [4.69, 9.17) is 23.2 Å². The Bertz CT molecular complexity index is 1480. The van der Waals surface area contributed by atoms with Gasteiger partial charge in [-0.2, -0.15) is 0 Å². The van der Waals surface area contributed by atoms with Gasteiger partial charge in [-0.15, -0.1) is 23.2 Å². The van der Waals surface area contributed by atoms with E-state index >= 15 is 0 Å². The fourth-order valence-corrected chi connectivity index (χ4v) is 9.47. The van der Waals surface area contributed by atoms with Gasteiger partial charge in [0.1, 0.15) is 9.52 Å². The quantitative estimate of drug-likeness (QED) is 0.181. The molecule has 2 aliphatic rings. The molecule has 4 aromatic rings. The van der Waals surface area contributed by atoms with Gasteiger partial charge in [-0.1, -0.05) is 97.1 Å². The standard InChI is InChI=1S/C34H28Cl2Si/c1-21-13-11-19-27-29(21)31(25-15-7-5-8-16-25)23(3)33(27,35)37-34(36)24(4)32(26-17-9-6-10-18-26)30-22(2)14-12-20-28(30)34/h5-20H,1-4H3. The zero-order valence-corrected chi connectivity index (χ0v) is 24.0. The topological polar surface area (TPSA) is 0 Å². The Labute approximate surface area is 232 Å². The molecular weight excluding hydrogens is 507 g/mol. The van der Waals surface area contributed by atoms with Crippen LogP contribution in [-0.2, 0) is 8.99 Å². The van der Waals surface area contributed by atoms with E-state index in [-0.39, 0.29) is 9.52 Å². The summed E-state index contributed by atoms with van der Waals surface area (Å²) in [6.45, 7) is 8.77. The Morgan fingerprint density at radius 2 is 0.865 bits per heavy atom. The Balaban J connectivity index is 1.59. The highest BCUT2D eigenvalue weighted by molar-refractivity contribution is 6.70. The number of aryl methyl sites for hydroxylation is 2. The second-order valence-corrected chi connectivity index (χ2v) is 13.7. The highest BCUT2D eigenvalue weighted by atomic mass is 35.5. The van der Waals surface area contributed by atoms with Crippen LogP contribution in [0, 0.1) is 13.8 Å². The summed E-state index contributed by atoms with van der Waals surface area (Å²) in [7, 11) is 0.210. The second-order valence-electron chi connectivity index (χ2n) is 10.2. The van der Waals surface area contributed by atoms with Gasteiger partial charge in [0.2, 0.25) is 0 Å². The second kappa shape index (κ2) is 8.87. The number of hydrogen-bond donors (Lipinski definition) is 0. The maximum atomic E-state index is 7.85. The van der Waals surface area contributed by atoms with E-state index in [2.05, 4.69) is 125 Å². The fraction of sp³-hybridized carbons (Fsp3) is 0.176. The van der Waals surface area contributed by atoms with Crippen LogP contribution >= 0.6 is 23.2 Å². The van der Waals surface area contributed by atoms with Crippen LogP contribution in [0.3, 0.4) is 0 Å². The smallest absolute Gasteiger partial charge is 0.114 e. The van der Waals surface area contributed by atoms with Crippen LogP contribution in [0.15, 0.2) is 108 Å². The van der Waals surface area contributed by atoms with Crippen molar-refractivity contribution in [1.82, 2.24) is 0 Å². The lowest BCUT2D eigenvalue weighted by Gasteiger charge is -2.35. The van der Waals surface area contributed by atoms with Gasteiger partial charge < -0.3 is 0 Å². The summed E-state index contributed by atoms with van der Waals surface area (Å²) in [4.78, 5) is 0. The van der Waals surface area contributed by atoms with Gasteiger partial charge >= 0.3 is 0 Å². The van der Waals surface area contributed by atoms with E-state index in [1.54, 1.807) is 0 Å². The molecule has 0 aromatic heterocycles. The van der Waals surface area contributed by atoms with Crippen LogP contribution in [0.25, 0.3) is 11.1 Å². The number of rotatable bonds is 4. The molecule has 0 saturated heterocycles. The molecule has 0 N–H and O–H groups in total. The Morgan fingerprint density at radius 3 is 1.24 bits per heavy atom. The molecule has 0 nitrogen and oxygen atoms in total. The normalized spacial score (nSPS) is 22.4. The van der Waals surface area contributed by atoms with Crippen molar-refractivity contribution in [3.8, 4) is 0 Å². The maximum Gasteiger partial charge on any atom is 0.118 e. The summed E-state index contributed by atoms with van der Waals surface area (Å²) >= 11 is 15.7. The van der Waals surface area contributed by atoms with Gasteiger partial charge in [0, 0.05) is 0 Å². The molecule has 0 heterocycles. The first kappa shape index (κ1) is 24.5. The highest BCUT2D eigenvalue weighted by Crippen LogP contribution is 2.58. The SMILES string of the molecule is CC1=C(c2ccccc2)c2c(C)cccc2C1(Cl)[Si]C1(Cl)C(C)=C(c2ccccc2)c2c(C)cccc21. The number of hydrogen-bond acceptors (Lipinski definition) is 0. The van der Waals surface area contributed by atoms with Gasteiger partial charge in [-0.3, -0.25) is 0 Å². The van der Waals surface area contributed by atoms with E-state index in [9.17, 15) is 0 Å². The molecule has 0 bridgehead atoms. The lowest BCUT2D eigenvalue weighted by Crippen LogP contribution is -2.40. The van der Waals surface area contributed by atoms with Crippen molar-refractivity contribution < 1.29 is 0 Å². The summed E-state index contributed by atoms with van der Waals surface area (Å²) in [6.07, 6.45) is 0. The van der Waals surface area contributed by atoms with Crippen LogP contribution in [0.5, 0.6) is 0 Å². The zero-order valence-electron chi connectivity index (χ0n) is 21.5. The molecule has 6 rings (SSSR count). The third-order valence-corrected chi connectivity index (χ3v) is 11.6. The average molecular weight is 536 g/mol. The van der Waals surface area contributed by atoms with Gasteiger partial charge in [-0.05, 0) is 94.5 Å². The lowest BCUT2D eigenvalue weighted by atomic mass is 9.94. The first-order valence-corrected chi connectivity index (χ1v) is 14.4. The highest BCUT2D eigenvalue weighted by Gasteiger charge is 2.53. The molecule has 3 heteroatoms. The molecule has 2 aliphatic carbocycles. The molecular formula is C34H28Cl2Si. The molecule has 2 atom stereocenters. The van der Waals surface area contributed by atoms with Crippen LogP contribution in [-0.4, -0.2) is 9.52 Å². The molecule has 4 aromatic carbocycles. The van der Waals surface area contributed by atoms with E-state index in [1.807, 2.05) is 0 Å². The molecule has 2 unspecified atom stereocenters. The third kappa shape index (κ3) is 3.55. The van der Waals surface area contributed by atoms with Gasteiger partial charge in [0.05, 0.1) is 8.99 Å². The molecule has 0 fully saturated rings. The molecule has 0 aliphatic heterocycles. The predicted octanol–water partition coefficient (Wildman–Crippen LogP) is 9.16. The first-order chi connectivity index (χ1) is 17.8. The maximum absolute atomic E-state index is 7.85. The minimum Gasteiger partial charge on any atom is -0.114 e. The van der Waals surface area contributed by atoms with Crippen molar-refractivity contribution in [2.75, 3.05) is 0 Å². The number of fused-ring (bicyclic) bond motifs is 2. The van der Waals surface area contributed by atoms with Gasteiger partial charge in [-0.25, -0.2) is 0 Å². The van der Waals surface area contributed by atoms with Crippen LogP contribution < -0.4 is 0 Å². The largest absolute Gasteiger partial charge is 0.118 e. The fourth-order valence-electron chi connectivity index (χ4n) is 6.19.